The van der Waals surface area contributed by atoms with Crippen LogP contribution in [0.3, 0.4) is 0 Å². The largest absolute Gasteiger partial charge is 0.372 e. The first-order valence-corrected chi connectivity index (χ1v) is 7.28. The van der Waals surface area contributed by atoms with E-state index in [9.17, 15) is 0 Å². The zero-order valence-corrected chi connectivity index (χ0v) is 12.5. The summed E-state index contributed by atoms with van der Waals surface area (Å²) in [7, 11) is 1.86. The normalized spacial score (nSPS) is 18.9. The SMILES string of the molecule is CNc1cncc([C@@H]2CCCN2Cc2ccnc(C)n2)n1. The van der Waals surface area contributed by atoms with Crippen molar-refractivity contribution in [2.75, 3.05) is 18.9 Å². The summed E-state index contributed by atoms with van der Waals surface area (Å²) in [6, 6.07) is 2.30. The van der Waals surface area contributed by atoms with Gasteiger partial charge in [-0.15, -0.1) is 0 Å². The summed E-state index contributed by atoms with van der Waals surface area (Å²) in [6.45, 7) is 3.82. The minimum Gasteiger partial charge on any atom is -0.372 e. The second-order valence-corrected chi connectivity index (χ2v) is 5.30. The summed E-state index contributed by atoms with van der Waals surface area (Å²) < 4.78 is 0. The zero-order chi connectivity index (χ0) is 14.7. The third-order valence-corrected chi connectivity index (χ3v) is 3.81. The van der Waals surface area contributed by atoms with Crippen molar-refractivity contribution in [1.82, 2.24) is 24.8 Å². The van der Waals surface area contributed by atoms with E-state index in [0.717, 1.165) is 42.5 Å². The lowest BCUT2D eigenvalue weighted by molar-refractivity contribution is 0.241. The Morgan fingerprint density at radius 1 is 1.33 bits per heavy atom. The van der Waals surface area contributed by atoms with Gasteiger partial charge in [0.1, 0.15) is 11.6 Å². The molecule has 3 heterocycles. The highest BCUT2D eigenvalue weighted by Gasteiger charge is 2.27. The molecule has 1 saturated heterocycles. The maximum Gasteiger partial charge on any atom is 0.144 e. The van der Waals surface area contributed by atoms with Gasteiger partial charge in [-0.1, -0.05) is 0 Å². The van der Waals surface area contributed by atoms with Crippen LogP contribution in [0.5, 0.6) is 0 Å². The first-order chi connectivity index (χ1) is 10.3. The highest BCUT2D eigenvalue weighted by atomic mass is 15.2. The van der Waals surface area contributed by atoms with Crippen molar-refractivity contribution >= 4 is 5.82 Å². The first-order valence-electron chi connectivity index (χ1n) is 7.28. The van der Waals surface area contributed by atoms with E-state index in [1.807, 2.05) is 32.4 Å². The molecule has 0 saturated carbocycles. The maximum atomic E-state index is 4.63. The van der Waals surface area contributed by atoms with Crippen molar-refractivity contribution in [2.24, 2.45) is 0 Å². The third-order valence-electron chi connectivity index (χ3n) is 3.81. The molecule has 21 heavy (non-hydrogen) atoms. The molecule has 0 radical (unpaired) electrons. The van der Waals surface area contributed by atoms with Gasteiger partial charge in [0.2, 0.25) is 0 Å². The number of aryl methyl sites for hydroxylation is 1. The van der Waals surface area contributed by atoms with Gasteiger partial charge in [0.15, 0.2) is 0 Å². The van der Waals surface area contributed by atoms with E-state index in [0.29, 0.717) is 6.04 Å². The predicted octanol–water partition coefficient (Wildman–Crippen LogP) is 1.95. The quantitative estimate of drug-likeness (QED) is 0.925. The summed E-state index contributed by atoms with van der Waals surface area (Å²) in [4.78, 5) is 20.0. The molecule has 0 unspecified atom stereocenters. The molecular formula is C15H20N6. The molecule has 6 nitrogen and oxygen atoms in total. The Balaban J connectivity index is 1.78. The smallest absolute Gasteiger partial charge is 0.144 e. The van der Waals surface area contributed by atoms with Gasteiger partial charge >= 0.3 is 0 Å². The van der Waals surface area contributed by atoms with Crippen LogP contribution in [-0.4, -0.2) is 38.4 Å². The second kappa shape index (κ2) is 6.13. The van der Waals surface area contributed by atoms with Gasteiger partial charge in [0.25, 0.3) is 0 Å². The Morgan fingerprint density at radius 2 is 2.24 bits per heavy atom. The minimum absolute atomic E-state index is 0.320. The molecule has 6 heteroatoms. The molecule has 0 aromatic carbocycles. The van der Waals surface area contributed by atoms with Crippen LogP contribution in [0.25, 0.3) is 0 Å². The zero-order valence-electron chi connectivity index (χ0n) is 12.5. The van der Waals surface area contributed by atoms with Gasteiger partial charge in [-0.3, -0.25) is 9.88 Å². The van der Waals surface area contributed by atoms with E-state index in [1.54, 1.807) is 6.20 Å². The van der Waals surface area contributed by atoms with Crippen LogP contribution >= 0.6 is 0 Å². The molecule has 110 valence electrons. The molecule has 1 N–H and O–H groups in total. The second-order valence-electron chi connectivity index (χ2n) is 5.30. The van der Waals surface area contributed by atoms with E-state index in [-0.39, 0.29) is 0 Å². The van der Waals surface area contributed by atoms with E-state index in [1.165, 1.54) is 6.42 Å². The molecule has 1 atom stereocenters. The third kappa shape index (κ3) is 3.16. The lowest BCUT2D eigenvalue weighted by Gasteiger charge is -2.23. The minimum atomic E-state index is 0.320. The summed E-state index contributed by atoms with van der Waals surface area (Å²) in [6.07, 6.45) is 7.74. The van der Waals surface area contributed by atoms with Gasteiger partial charge in [0, 0.05) is 19.8 Å². The predicted molar refractivity (Wildman–Crippen MR) is 80.7 cm³/mol. The van der Waals surface area contributed by atoms with Crippen molar-refractivity contribution in [3.05, 3.63) is 41.9 Å². The van der Waals surface area contributed by atoms with Gasteiger partial charge in [-0.25, -0.2) is 15.0 Å². The van der Waals surface area contributed by atoms with Gasteiger partial charge in [0.05, 0.1) is 29.8 Å². The topological polar surface area (TPSA) is 66.8 Å². The van der Waals surface area contributed by atoms with E-state index < -0.39 is 0 Å². The van der Waals surface area contributed by atoms with Crippen molar-refractivity contribution in [3.8, 4) is 0 Å². The standard InChI is InChI=1S/C15H20N6/c1-11-18-6-5-12(19-11)10-21-7-3-4-14(21)13-8-17-9-15(16-2)20-13/h5-6,8-9,14H,3-4,7,10H2,1-2H3,(H,16,20)/t14-/m0/s1. The van der Waals surface area contributed by atoms with Crippen LogP contribution in [0, 0.1) is 6.92 Å². The molecule has 0 aliphatic carbocycles. The molecular weight excluding hydrogens is 264 g/mol. The highest BCUT2D eigenvalue weighted by molar-refractivity contribution is 5.31. The lowest BCUT2D eigenvalue weighted by Crippen LogP contribution is -2.24. The number of hydrogen-bond acceptors (Lipinski definition) is 6. The first kappa shape index (κ1) is 13.9. The molecule has 1 fully saturated rings. The Bertz CT molecular complexity index is 615. The maximum absolute atomic E-state index is 4.63. The molecule has 3 rings (SSSR count). The number of nitrogens with zero attached hydrogens (tertiary/aromatic N) is 5. The molecule has 1 aliphatic heterocycles. The Hall–Kier alpha value is -2.08. The van der Waals surface area contributed by atoms with Crippen molar-refractivity contribution < 1.29 is 0 Å². The fraction of sp³-hybridized carbons (Fsp3) is 0.467. The average Bonchev–Trinajstić information content (AvgIpc) is 2.95. The van der Waals surface area contributed by atoms with Gasteiger partial charge < -0.3 is 5.32 Å². The van der Waals surface area contributed by atoms with Crippen LogP contribution in [0.15, 0.2) is 24.7 Å². The highest BCUT2D eigenvalue weighted by Crippen LogP contribution is 2.31. The number of likely N-dealkylation sites (tertiary alicyclic amines) is 1. The van der Waals surface area contributed by atoms with Crippen LogP contribution in [0.4, 0.5) is 5.82 Å². The summed E-state index contributed by atoms with van der Waals surface area (Å²) in [5, 5.41) is 3.05. The van der Waals surface area contributed by atoms with Crippen molar-refractivity contribution in [1.29, 1.82) is 0 Å². The van der Waals surface area contributed by atoms with E-state index in [4.69, 9.17) is 0 Å². The molecule has 2 aromatic rings. The summed E-state index contributed by atoms with van der Waals surface area (Å²) in [5.41, 5.74) is 2.09. The van der Waals surface area contributed by atoms with Crippen LogP contribution in [-0.2, 0) is 6.54 Å². The number of rotatable bonds is 4. The molecule has 0 amide bonds. The fourth-order valence-corrected chi connectivity index (χ4v) is 2.81. The van der Waals surface area contributed by atoms with Gasteiger partial charge in [-0.2, -0.15) is 0 Å². The van der Waals surface area contributed by atoms with Crippen LogP contribution < -0.4 is 5.32 Å². The van der Waals surface area contributed by atoms with E-state index in [2.05, 4.69) is 30.2 Å². The van der Waals surface area contributed by atoms with Crippen molar-refractivity contribution in [3.63, 3.8) is 0 Å². The van der Waals surface area contributed by atoms with Crippen molar-refractivity contribution in [2.45, 2.75) is 32.4 Å². The summed E-state index contributed by atoms with van der Waals surface area (Å²) >= 11 is 0. The average molecular weight is 284 g/mol. The molecule has 0 bridgehead atoms. The van der Waals surface area contributed by atoms with Crippen LogP contribution in [0.2, 0.25) is 0 Å². The number of hydrogen-bond donors (Lipinski definition) is 1. The number of aromatic nitrogens is 4. The Kier molecular flexibility index (Phi) is 4.06. The number of anilines is 1. The van der Waals surface area contributed by atoms with E-state index >= 15 is 0 Å². The number of nitrogens with one attached hydrogen (secondary N) is 1. The molecule has 1 aliphatic rings. The Morgan fingerprint density at radius 3 is 3.05 bits per heavy atom. The molecule has 2 aromatic heterocycles. The monoisotopic (exact) mass is 284 g/mol. The lowest BCUT2D eigenvalue weighted by atomic mass is 10.1. The van der Waals surface area contributed by atoms with Crippen LogP contribution in [0.1, 0.15) is 36.1 Å². The Labute approximate surface area is 124 Å². The molecule has 0 spiro atoms. The van der Waals surface area contributed by atoms with Gasteiger partial charge in [-0.05, 0) is 32.4 Å². The fourth-order valence-electron chi connectivity index (χ4n) is 2.81. The summed E-state index contributed by atoms with van der Waals surface area (Å²) in [5.74, 6) is 1.64.